The zero-order valence-electron chi connectivity index (χ0n) is 11.9. The van der Waals surface area contributed by atoms with Crippen molar-refractivity contribution in [1.29, 1.82) is 0 Å². The number of carbonyl (C=O) groups is 1. The van der Waals surface area contributed by atoms with Crippen molar-refractivity contribution in [3.8, 4) is 0 Å². The standard InChI is InChI=1S/C14H23BN2O3/c1-2-3-4-5-6-10-16-14(18)17-13-9-7-8-12(11-13)15(19)20/h7-9,11,19-20H,2-6,10H2,1H3,(H2,16,17,18). The molecule has 1 rings (SSSR count). The molecule has 6 heteroatoms. The van der Waals surface area contributed by atoms with Crippen molar-refractivity contribution in [2.45, 2.75) is 39.0 Å². The van der Waals surface area contributed by atoms with Crippen LogP contribution in [0.15, 0.2) is 24.3 Å². The van der Waals surface area contributed by atoms with Crippen LogP contribution in [0, 0.1) is 0 Å². The topological polar surface area (TPSA) is 81.6 Å². The van der Waals surface area contributed by atoms with Crippen molar-refractivity contribution >= 4 is 24.3 Å². The molecule has 0 aromatic heterocycles. The maximum absolute atomic E-state index is 11.6. The highest BCUT2D eigenvalue weighted by Gasteiger charge is 2.11. The molecule has 20 heavy (non-hydrogen) atoms. The summed E-state index contributed by atoms with van der Waals surface area (Å²) in [5, 5.41) is 23.6. The van der Waals surface area contributed by atoms with E-state index in [9.17, 15) is 4.79 Å². The van der Waals surface area contributed by atoms with E-state index < -0.39 is 7.12 Å². The van der Waals surface area contributed by atoms with Crippen LogP contribution in [0.4, 0.5) is 10.5 Å². The fourth-order valence-corrected chi connectivity index (χ4v) is 1.88. The molecule has 5 nitrogen and oxygen atoms in total. The smallest absolute Gasteiger partial charge is 0.423 e. The van der Waals surface area contributed by atoms with Crippen molar-refractivity contribution in [2.24, 2.45) is 0 Å². The van der Waals surface area contributed by atoms with E-state index in [1.807, 2.05) is 0 Å². The fraction of sp³-hybridized carbons (Fsp3) is 0.500. The predicted octanol–water partition coefficient (Wildman–Crippen LogP) is 1.46. The molecule has 1 aromatic carbocycles. The van der Waals surface area contributed by atoms with Crippen LogP contribution in [0.3, 0.4) is 0 Å². The van der Waals surface area contributed by atoms with Gasteiger partial charge in [0, 0.05) is 12.2 Å². The van der Waals surface area contributed by atoms with E-state index >= 15 is 0 Å². The van der Waals surface area contributed by atoms with Crippen LogP contribution >= 0.6 is 0 Å². The average Bonchev–Trinajstić information content (AvgIpc) is 2.43. The van der Waals surface area contributed by atoms with E-state index in [0.29, 0.717) is 17.7 Å². The van der Waals surface area contributed by atoms with Gasteiger partial charge >= 0.3 is 13.1 Å². The number of amides is 2. The summed E-state index contributed by atoms with van der Waals surface area (Å²) in [5.41, 5.74) is 0.890. The second-order valence-corrected chi connectivity index (χ2v) is 4.79. The molecule has 1 aromatic rings. The zero-order chi connectivity index (χ0) is 14.8. The molecular weight excluding hydrogens is 255 g/mol. The number of carbonyl (C=O) groups excluding carboxylic acids is 1. The SMILES string of the molecule is CCCCCCCNC(=O)Nc1cccc(B(O)O)c1. The molecule has 0 saturated heterocycles. The Balaban J connectivity index is 2.26. The Morgan fingerprint density at radius 3 is 2.65 bits per heavy atom. The minimum absolute atomic E-state index is 0.273. The van der Waals surface area contributed by atoms with E-state index in [2.05, 4.69) is 17.6 Å². The van der Waals surface area contributed by atoms with Gasteiger partial charge in [-0.25, -0.2) is 4.79 Å². The van der Waals surface area contributed by atoms with Crippen LogP contribution in [0.1, 0.15) is 39.0 Å². The predicted molar refractivity (Wildman–Crippen MR) is 82.0 cm³/mol. The molecule has 0 heterocycles. The van der Waals surface area contributed by atoms with Crippen LogP contribution in [0.25, 0.3) is 0 Å². The Labute approximate surface area is 120 Å². The highest BCUT2D eigenvalue weighted by atomic mass is 16.4. The van der Waals surface area contributed by atoms with Gasteiger partial charge in [0.1, 0.15) is 0 Å². The molecule has 0 atom stereocenters. The number of benzene rings is 1. The van der Waals surface area contributed by atoms with Crippen LogP contribution in [0.2, 0.25) is 0 Å². The normalized spacial score (nSPS) is 10.2. The van der Waals surface area contributed by atoms with E-state index in [1.54, 1.807) is 18.2 Å². The third kappa shape index (κ3) is 6.59. The van der Waals surface area contributed by atoms with Gasteiger partial charge in [-0.3, -0.25) is 0 Å². The lowest BCUT2D eigenvalue weighted by Gasteiger charge is -2.08. The molecule has 0 bridgehead atoms. The second-order valence-electron chi connectivity index (χ2n) is 4.79. The summed E-state index contributed by atoms with van der Waals surface area (Å²) in [6, 6.07) is 6.21. The molecule has 0 spiro atoms. The van der Waals surface area contributed by atoms with Crippen LogP contribution in [-0.2, 0) is 0 Å². The van der Waals surface area contributed by atoms with Crippen LogP contribution < -0.4 is 16.1 Å². The Morgan fingerprint density at radius 1 is 1.20 bits per heavy atom. The van der Waals surface area contributed by atoms with Gasteiger partial charge in [-0.05, 0) is 24.0 Å². The lowest BCUT2D eigenvalue weighted by atomic mass is 9.80. The van der Waals surface area contributed by atoms with Crippen molar-refractivity contribution in [2.75, 3.05) is 11.9 Å². The van der Waals surface area contributed by atoms with E-state index in [4.69, 9.17) is 10.0 Å². The van der Waals surface area contributed by atoms with Crippen molar-refractivity contribution in [3.63, 3.8) is 0 Å². The summed E-state index contributed by atoms with van der Waals surface area (Å²) in [5.74, 6) is 0. The number of hydrogen-bond donors (Lipinski definition) is 4. The van der Waals surface area contributed by atoms with E-state index in [-0.39, 0.29) is 6.03 Å². The average molecular weight is 278 g/mol. The quantitative estimate of drug-likeness (QED) is 0.429. The van der Waals surface area contributed by atoms with Gasteiger partial charge in [0.2, 0.25) is 0 Å². The Bertz CT molecular complexity index is 413. The van der Waals surface area contributed by atoms with Crippen molar-refractivity contribution < 1.29 is 14.8 Å². The molecule has 0 aliphatic rings. The first-order valence-electron chi connectivity index (χ1n) is 7.14. The maximum atomic E-state index is 11.6. The van der Waals surface area contributed by atoms with Gasteiger partial charge in [-0.1, -0.05) is 44.7 Å². The van der Waals surface area contributed by atoms with Gasteiger partial charge in [-0.2, -0.15) is 0 Å². The molecule has 110 valence electrons. The summed E-state index contributed by atoms with van der Waals surface area (Å²) in [7, 11) is -1.53. The van der Waals surface area contributed by atoms with Gasteiger partial charge in [0.15, 0.2) is 0 Å². The molecule has 2 amide bonds. The number of nitrogens with one attached hydrogen (secondary N) is 2. The number of hydrogen-bond acceptors (Lipinski definition) is 3. The molecule has 0 unspecified atom stereocenters. The third-order valence-corrected chi connectivity index (χ3v) is 3.01. The highest BCUT2D eigenvalue weighted by Crippen LogP contribution is 2.04. The summed E-state index contributed by atoms with van der Waals surface area (Å²) < 4.78 is 0. The Kier molecular flexibility index (Phi) is 7.76. The summed E-state index contributed by atoms with van der Waals surface area (Å²) in [6.07, 6.45) is 5.75. The molecule has 0 aliphatic heterocycles. The lowest BCUT2D eigenvalue weighted by Crippen LogP contribution is -2.32. The van der Waals surface area contributed by atoms with Gasteiger partial charge in [-0.15, -0.1) is 0 Å². The fourth-order valence-electron chi connectivity index (χ4n) is 1.88. The molecule has 4 N–H and O–H groups in total. The van der Waals surface area contributed by atoms with Gasteiger partial charge in [0.05, 0.1) is 0 Å². The zero-order valence-corrected chi connectivity index (χ0v) is 11.9. The Morgan fingerprint density at radius 2 is 1.95 bits per heavy atom. The van der Waals surface area contributed by atoms with Crippen LogP contribution in [0.5, 0.6) is 0 Å². The number of unbranched alkanes of at least 4 members (excludes halogenated alkanes) is 4. The van der Waals surface area contributed by atoms with Crippen molar-refractivity contribution in [3.05, 3.63) is 24.3 Å². The summed E-state index contributed by atoms with van der Waals surface area (Å²) >= 11 is 0. The second kappa shape index (κ2) is 9.39. The number of urea groups is 1. The third-order valence-electron chi connectivity index (χ3n) is 3.01. The van der Waals surface area contributed by atoms with Gasteiger partial charge in [0.25, 0.3) is 0 Å². The van der Waals surface area contributed by atoms with Crippen LogP contribution in [-0.4, -0.2) is 29.7 Å². The number of rotatable bonds is 8. The minimum atomic E-state index is -1.53. The minimum Gasteiger partial charge on any atom is -0.423 e. The molecule has 0 saturated carbocycles. The first-order chi connectivity index (χ1) is 9.63. The largest absolute Gasteiger partial charge is 0.488 e. The summed E-state index contributed by atoms with van der Waals surface area (Å²) in [6.45, 7) is 2.82. The van der Waals surface area contributed by atoms with Gasteiger partial charge < -0.3 is 20.7 Å². The first-order valence-corrected chi connectivity index (χ1v) is 7.14. The lowest BCUT2D eigenvalue weighted by molar-refractivity contribution is 0.252. The maximum Gasteiger partial charge on any atom is 0.488 e. The molecule has 0 radical (unpaired) electrons. The van der Waals surface area contributed by atoms with Crippen molar-refractivity contribution in [1.82, 2.24) is 5.32 Å². The molecule has 0 aliphatic carbocycles. The number of anilines is 1. The monoisotopic (exact) mass is 278 g/mol. The molecule has 0 fully saturated rings. The molecular formula is C14H23BN2O3. The first kappa shape index (κ1) is 16.5. The summed E-state index contributed by atoms with van der Waals surface area (Å²) in [4.78, 5) is 11.6. The van der Waals surface area contributed by atoms with E-state index in [0.717, 1.165) is 12.8 Å². The highest BCUT2D eigenvalue weighted by molar-refractivity contribution is 6.58. The Hall–Kier alpha value is -1.53. The van der Waals surface area contributed by atoms with E-state index in [1.165, 1.54) is 25.3 Å².